The monoisotopic (exact) mass is 411 g/mol. The van der Waals surface area contributed by atoms with Crippen molar-refractivity contribution in [1.82, 2.24) is 10.2 Å². The van der Waals surface area contributed by atoms with E-state index in [-0.39, 0.29) is 18.1 Å². The van der Waals surface area contributed by atoms with E-state index in [1.54, 1.807) is 16.8 Å². The summed E-state index contributed by atoms with van der Waals surface area (Å²) >= 11 is 2.70. The van der Waals surface area contributed by atoms with Crippen LogP contribution in [0.4, 0.5) is 0 Å². The Bertz CT molecular complexity index is 822. The lowest BCUT2D eigenvalue weighted by Gasteiger charge is -2.49. The summed E-state index contributed by atoms with van der Waals surface area (Å²) in [5, 5.41) is 15.1. The lowest BCUT2D eigenvalue weighted by Crippen LogP contribution is -2.71. The highest BCUT2D eigenvalue weighted by atomic mass is 32.2. The summed E-state index contributed by atoms with van der Waals surface area (Å²) in [6.07, 6.45) is 0. The highest BCUT2D eigenvalue weighted by Gasteiger charge is 2.54. The first kappa shape index (κ1) is 19.4. The number of hydrogen-bond donors (Lipinski definition) is 3. The largest absolute Gasteiger partial charge is 0.477 e. The predicted octanol–water partition coefficient (Wildman–Crippen LogP) is 0.0496. The van der Waals surface area contributed by atoms with Gasteiger partial charge >= 0.3 is 11.9 Å². The normalized spacial score (nSPS) is 22.6. The minimum atomic E-state index is -1.28. The zero-order valence-electron chi connectivity index (χ0n) is 14.2. The lowest BCUT2D eigenvalue weighted by atomic mass is 10.0. The van der Waals surface area contributed by atoms with Crippen molar-refractivity contribution < 1.29 is 29.0 Å². The van der Waals surface area contributed by atoms with E-state index in [2.05, 4.69) is 5.32 Å². The third kappa shape index (κ3) is 3.70. The van der Waals surface area contributed by atoms with E-state index in [9.17, 15) is 24.3 Å². The number of rotatable bonds is 6. The number of carbonyl (C=O) groups excluding carboxylic acids is 3. The molecule has 1 aromatic heterocycles. The third-order valence-corrected chi connectivity index (χ3v) is 6.22. The SMILES string of the molecule is CC(=O)OCC1=C(C(=O)O)N2C(=O)C(NC(=O)C(N)c3ccsc3)[C@@H]2SC1. The molecule has 3 atom stereocenters. The van der Waals surface area contributed by atoms with Crippen LogP contribution in [-0.4, -0.2) is 57.5 Å². The number of carboxylic acid groups (broad SMARTS) is 1. The van der Waals surface area contributed by atoms with E-state index in [1.165, 1.54) is 30.0 Å². The molecule has 9 nitrogen and oxygen atoms in total. The number of amides is 2. The molecule has 2 aliphatic heterocycles. The number of carboxylic acids is 1. The highest BCUT2D eigenvalue weighted by Crippen LogP contribution is 2.40. The number of ether oxygens (including phenoxy) is 1. The van der Waals surface area contributed by atoms with Gasteiger partial charge in [0, 0.05) is 18.2 Å². The minimum absolute atomic E-state index is 0.194. The van der Waals surface area contributed by atoms with Gasteiger partial charge in [-0.2, -0.15) is 11.3 Å². The number of β-lactam (4-membered cyclic amide) rings is 1. The Morgan fingerprint density at radius 1 is 1.48 bits per heavy atom. The summed E-state index contributed by atoms with van der Waals surface area (Å²) in [5.74, 6) is -2.58. The molecule has 27 heavy (non-hydrogen) atoms. The molecule has 144 valence electrons. The Morgan fingerprint density at radius 3 is 2.81 bits per heavy atom. The van der Waals surface area contributed by atoms with Crippen molar-refractivity contribution in [2.75, 3.05) is 12.4 Å². The number of aliphatic carboxylic acids is 1. The average molecular weight is 411 g/mol. The number of fused-ring (bicyclic) bond motifs is 1. The summed E-state index contributed by atoms with van der Waals surface area (Å²) in [7, 11) is 0. The number of hydrogen-bond acceptors (Lipinski definition) is 8. The van der Waals surface area contributed by atoms with Gasteiger partial charge in [-0.3, -0.25) is 19.3 Å². The van der Waals surface area contributed by atoms with E-state index < -0.39 is 41.2 Å². The van der Waals surface area contributed by atoms with Gasteiger partial charge < -0.3 is 20.9 Å². The molecule has 3 heterocycles. The Hall–Kier alpha value is -2.37. The molecular formula is C16H17N3O6S2. The zero-order valence-corrected chi connectivity index (χ0v) is 15.8. The first-order valence-electron chi connectivity index (χ1n) is 7.92. The van der Waals surface area contributed by atoms with E-state index >= 15 is 0 Å². The van der Waals surface area contributed by atoms with Crippen molar-refractivity contribution in [2.45, 2.75) is 24.4 Å². The standard InChI is InChI=1S/C16H17N3O6S2/c1-7(20)25-4-9-6-27-15-11(14(22)19(15)12(9)16(23)24)18-13(21)10(17)8-2-3-26-5-8/h2-3,5,10-11,15H,4,6,17H2,1H3,(H,18,21)(H,23,24)/t10?,11?,15-/m0/s1. The summed E-state index contributed by atoms with van der Waals surface area (Å²) in [6.45, 7) is 1.03. The van der Waals surface area contributed by atoms with Gasteiger partial charge in [-0.05, 0) is 22.4 Å². The van der Waals surface area contributed by atoms with Crippen LogP contribution < -0.4 is 11.1 Å². The summed E-state index contributed by atoms with van der Waals surface area (Å²) in [5.41, 5.74) is 6.69. The molecular weight excluding hydrogens is 394 g/mol. The van der Waals surface area contributed by atoms with E-state index in [4.69, 9.17) is 10.5 Å². The van der Waals surface area contributed by atoms with Crippen LogP contribution in [0.3, 0.4) is 0 Å². The first-order chi connectivity index (χ1) is 12.8. The third-order valence-electron chi connectivity index (χ3n) is 4.18. The van der Waals surface area contributed by atoms with Crippen molar-refractivity contribution in [3.05, 3.63) is 33.7 Å². The molecule has 0 spiro atoms. The van der Waals surface area contributed by atoms with Crippen LogP contribution in [0.15, 0.2) is 28.1 Å². The quantitative estimate of drug-likeness (QED) is 0.441. The van der Waals surface area contributed by atoms with Crippen LogP contribution in [0.1, 0.15) is 18.5 Å². The van der Waals surface area contributed by atoms with Gasteiger partial charge in [0.15, 0.2) is 0 Å². The summed E-state index contributed by atoms with van der Waals surface area (Å²) in [4.78, 5) is 48.6. The minimum Gasteiger partial charge on any atom is -0.477 e. The van der Waals surface area contributed by atoms with Crippen molar-refractivity contribution in [3.8, 4) is 0 Å². The molecule has 1 aromatic rings. The van der Waals surface area contributed by atoms with Crippen molar-refractivity contribution in [3.63, 3.8) is 0 Å². The number of carbonyl (C=O) groups is 4. The fraction of sp³-hybridized carbons (Fsp3) is 0.375. The first-order valence-corrected chi connectivity index (χ1v) is 9.91. The van der Waals surface area contributed by atoms with Crippen molar-refractivity contribution in [2.24, 2.45) is 5.73 Å². The Kier molecular flexibility index (Phi) is 5.53. The molecule has 0 saturated carbocycles. The van der Waals surface area contributed by atoms with E-state index in [0.29, 0.717) is 11.1 Å². The number of nitrogens with zero attached hydrogens (tertiary/aromatic N) is 1. The van der Waals surface area contributed by atoms with Gasteiger partial charge in [0.2, 0.25) is 5.91 Å². The number of esters is 1. The number of nitrogens with two attached hydrogens (primary N) is 1. The van der Waals surface area contributed by atoms with Gasteiger partial charge in [0.1, 0.15) is 29.8 Å². The number of thiophene rings is 1. The molecule has 0 aliphatic carbocycles. The van der Waals surface area contributed by atoms with Crippen molar-refractivity contribution in [1.29, 1.82) is 0 Å². The second kappa shape index (κ2) is 7.71. The van der Waals surface area contributed by atoms with Crippen LogP contribution in [0.5, 0.6) is 0 Å². The van der Waals surface area contributed by atoms with Gasteiger partial charge in [-0.25, -0.2) is 4.79 Å². The van der Waals surface area contributed by atoms with Gasteiger partial charge in [-0.15, -0.1) is 11.8 Å². The Labute approximate surface area is 162 Å². The van der Waals surface area contributed by atoms with Crippen LogP contribution >= 0.6 is 23.1 Å². The zero-order chi connectivity index (χ0) is 19.7. The Morgan fingerprint density at radius 2 is 2.22 bits per heavy atom. The summed E-state index contributed by atoms with van der Waals surface area (Å²) < 4.78 is 4.87. The van der Waals surface area contributed by atoms with Gasteiger partial charge in [-0.1, -0.05) is 0 Å². The molecule has 2 aliphatic rings. The molecule has 2 amide bonds. The molecule has 0 aromatic carbocycles. The molecule has 4 N–H and O–H groups in total. The van der Waals surface area contributed by atoms with Crippen LogP contribution in [0.25, 0.3) is 0 Å². The molecule has 11 heteroatoms. The maximum absolute atomic E-state index is 12.5. The van der Waals surface area contributed by atoms with Crippen LogP contribution in [0, 0.1) is 0 Å². The second-order valence-electron chi connectivity index (χ2n) is 5.97. The van der Waals surface area contributed by atoms with Crippen LogP contribution in [0.2, 0.25) is 0 Å². The lowest BCUT2D eigenvalue weighted by molar-refractivity contribution is -0.151. The highest BCUT2D eigenvalue weighted by molar-refractivity contribution is 8.00. The molecule has 3 rings (SSSR count). The fourth-order valence-electron chi connectivity index (χ4n) is 2.83. The topological polar surface area (TPSA) is 139 Å². The maximum atomic E-state index is 12.5. The second-order valence-corrected chi connectivity index (χ2v) is 7.85. The Balaban J connectivity index is 1.72. The average Bonchev–Trinajstić information content (AvgIpc) is 3.16. The molecule has 1 saturated heterocycles. The number of thioether (sulfide) groups is 1. The van der Waals surface area contributed by atoms with Crippen LogP contribution in [-0.2, 0) is 23.9 Å². The fourth-order valence-corrected chi connectivity index (χ4v) is 4.85. The van der Waals surface area contributed by atoms with Gasteiger partial charge in [0.25, 0.3) is 5.91 Å². The number of nitrogens with one attached hydrogen (secondary N) is 1. The molecule has 2 unspecified atom stereocenters. The molecule has 0 bridgehead atoms. The molecule has 1 fully saturated rings. The van der Waals surface area contributed by atoms with E-state index in [1.807, 2.05) is 0 Å². The smallest absolute Gasteiger partial charge is 0.352 e. The molecule has 0 radical (unpaired) electrons. The van der Waals surface area contributed by atoms with E-state index in [0.717, 1.165) is 4.90 Å². The van der Waals surface area contributed by atoms with Gasteiger partial charge in [0.05, 0.1) is 0 Å². The maximum Gasteiger partial charge on any atom is 0.352 e. The van der Waals surface area contributed by atoms with Crippen molar-refractivity contribution >= 4 is 46.9 Å². The summed E-state index contributed by atoms with van der Waals surface area (Å²) in [6, 6.07) is -0.0244. The predicted molar refractivity (Wildman–Crippen MR) is 97.6 cm³/mol.